The van der Waals surface area contributed by atoms with Crippen LogP contribution in [0.3, 0.4) is 0 Å². The summed E-state index contributed by atoms with van der Waals surface area (Å²) in [6, 6.07) is 13.2. The Labute approximate surface area is 193 Å². The molecule has 4 rings (SSSR count). The fourth-order valence-electron chi connectivity index (χ4n) is 3.78. The molecular weight excluding hydrogens is 422 g/mol. The zero-order valence-electron chi connectivity index (χ0n) is 19.4. The number of ether oxygens (including phenoxy) is 3. The lowest BCUT2D eigenvalue weighted by Crippen LogP contribution is -2.24. The van der Waals surface area contributed by atoms with E-state index in [2.05, 4.69) is 24.0 Å². The van der Waals surface area contributed by atoms with Crippen LogP contribution in [0.25, 0.3) is 11.4 Å². The Hall–Kier alpha value is -3.55. The summed E-state index contributed by atoms with van der Waals surface area (Å²) < 4.78 is 22.0. The lowest BCUT2D eigenvalue weighted by molar-refractivity contribution is -0.128. The molecule has 8 heteroatoms. The fraction of sp³-hybridized carbons (Fsp3) is 0.400. The molecule has 0 N–H and O–H groups in total. The highest BCUT2D eigenvalue weighted by molar-refractivity contribution is 5.79. The Bertz CT molecular complexity index is 1090. The van der Waals surface area contributed by atoms with Crippen molar-refractivity contribution in [2.45, 2.75) is 32.7 Å². The lowest BCUT2D eigenvalue weighted by atomic mass is 10.1. The molecular formula is C25H29N3O5. The molecule has 0 saturated carbocycles. The van der Waals surface area contributed by atoms with Crippen molar-refractivity contribution >= 4 is 5.91 Å². The molecule has 2 aromatic carbocycles. The van der Waals surface area contributed by atoms with Gasteiger partial charge in [-0.3, -0.25) is 4.79 Å². The molecule has 1 aliphatic rings. The largest absolute Gasteiger partial charge is 0.497 e. The lowest BCUT2D eigenvalue weighted by Gasteiger charge is -2.18. The van der Waals surface area contributed by atoms with Crippen LogP contribution in [-0.2, 0) is 11.3 Å². The van der Waals surface area contributed by atoms with Gasteiger partial charge in [0.1, 0.15) is 17.2 Å². The summed E-state index contributed by atoms with van der Waals surface area (Å²) in [6.45, 7) is 5.81. The van der Waals surface area contributed by atoms with Gasteiger partial charge in [-0.05, 0) is 48.4 Å². The van der Waals surface area contributed by atoms with Gasteiger partial charge in [0.2, 0.25) is 17.6 Å². The summed E-state index contributed by atoms with van der Waals surface area (Å²) in [6.07, 6.45) is 0.329. The Balaban J connectivity index is 1.43. The van der Waals surface area contributed by atoms with E-state index in [1.807, 2.05) is 42.5 Å². The Morgan fingerprint density at radius 3 is 2.55 bits per heavy atom. The van der Waals surface area contributed by atoms with Crippen molar-refractivity contribution in [1.29, 1.82) is 0 Å². The summed E-state index contributed by atoms with van der Waals surface area (Å²) >= 11 is 0. The number of methoxy groups -OCH3 is 2. The van der Waals surface area contributed by atoms with E-state index < -0.39 is 0 Å². The molecule has 0 bridgehead atoms. The van der Waals surface area contributed by atoms with Crippen molar-refractivity contribution in [3.63, 3.8) is 0 Å². The summed E-state index contributed by atoms with van der Waals surface area (Å²) in [5, 5.41) is 4.13. The van der Waals surface area contributed by atoms with E-state index in [0.717, 1.165) is 22.6 Å². The van der Waals surface area contributed by atoms with E-state index in [0.29, 0.717) is 49.5 Å². The standard InChI is InChI=1S/C25H29N3O5/c1-16(2)15-32-20-7-5-17(6-8-20)24-26-25(33-27-24)19-12-23(29)28(14-19)13-18-11-21(30-3)9-10-22(18)31-4/h5-11,16,19H,12-15H2,1-4H3. The number of hydrogen-bond acceptors (Lipinski definition) is 7. The summed E-state index contributed by atoms with van der Waals surface area (Å²) in [5.41, 5.74) is 1.72. The van der Waals surface area contributed by atoms with Crippen LogP contribution in [0.1, 0.15) is 37.6 Å². The van der Waals surface area contributed by atoms with Crippen molar-refractivity contribution in [3.8, 4) is 28.6 Å². The summed E-state index contributed by atoms with van der Waals surface area (Å²) in [7, 11) is 3.23. The zero-order chi connectivity index (χ0) is 23.4. The second kappa shape index (κ2) is 9.94. The van der Waals surface area contributed by atoms with E-state index in [4.69, 9.17) is 18.7 Å². The molecule has 3 aromatic rings. The normalized spacial score (nSPS) is 15.8. The van der Waals surface area contributed by atoms with Gasteiger partial charge in [-0.15, -0.1) is 0 Å². The van der Waals surface area contributed by atoms with Crippen molar-refractivity contribution in [2.24, 2.45) is 5.92 Å². The SMILES string of the molecule is COc1ccc(OC)c(CN2CC(c3nc(-c4ccc(OCC(C)C)cc4)no3)CC2=O)c1. The minimum atomic E-state index is -0.149. The van der Waals surface area contributed by atoms with Gasteiger partial charge in [0.15, 0.2) is 0 Å². The predicted molar refractivity (Wildman–Crippen MR) is 122 cm³/mol. The van der Waals surface area contributed by atoms with Crippen LogP contribution in [0.5, 0.6) is 17.2 Å². The highest BCUT2D eigenvalue weighted by Crippen LogP contribution is 2.32. The van der Waals surface area contributed by atoms with Crippen molar-refractivity contribution < 1.29 is 23.5 Å². The monoisotopic (exact) mass is 451 g/mol. The van der Waals surface area contributed by atoms with Crippen LogP contribution in [0, 0.1) is 5.92 Å². The first-order chi connectivity index (χ1) is 16.0. The second-order valence-corrected chi connectivity index (χ2v) is 8.54. The second-order valence-electron chi connectivity index (χ2n) is 8.54. The molecule has 1 amide bonds. The summed E-state index contributed by atoms with van der Waals surface area (Å²) in [4.78, 5) is 19.0. The molecule has 1 saturated heterocycles. The fourth-order valence-corrected chi connectivity index (χ4v) is 3.78. The molecule has 1 aromatic heterocycles. The molecule has 0 aliphatic carbocycles. The van der Waals surface area contributed by atoms with E-state index in [9.17, 15) is 4.79 Å². The molecule has 1 unspecified atom stereocenters. The van der Waals surface area contributed by atoms with E-state index >= 15 is 0 Å². The molecule has 33 heavy (non-hydrogen) atoms. The van der Waals surface area contributed by atoms with Gasteiger partial charge in [-0.2, -0.15) is 4.98 Å². The first kappa shape index (κ1) is 22.6. The van der Waals surface area contributed by atoms with Gasteiger partial charge in [-0.25, -0.2) is 0 Å². The Morgan fingerprint density at radius 1 is 1.09 bits per heavy atom. The highest BCUT2D eigenvalue weighted by atomic mass is 16.5. The number of aromatic nitrogens is 2. The minimum absolute atomic E-state index is 0.0382. The number of nitrogens with zero attached hydrogens (tertiary/aromatic N) is 3. The quantitative estimate of drug-likeness (QED) is 0.479. The number of likely N-dealkylation sites (tertiary alicyclic amines) is 1. The smallest absolute Gasteiger partial charge is 0.232 e. The molecule has 1 aliphatic heterocycles. The van der Waals surface area contributed by atoms with E-state index in [1.54, 1.807) is 19.1 Å². The van der Waals surface area contributed by atoms with E-state index in [-0.39, 0.29) is 11.8 Å². The van der Waals surface area contributed by atoms with Crippen LogP contribution in [0.15, 0.2) is 47.0 Å². The number of amides is 1. The minimum Gasteiger partial charge on any atom is -0.497 e. The maximum absolute atomic E-state index is 12.7. The van der Waals surface area contributed by atoms with Crippen LogP contribution in [-0.4, -0.2) is 48.3 Å². The molecule has 0 radical (unpaired) electrons. The van der Waals surface area contributed by atoms with Crippen LogP contribution in [0.4, 0.5) is 0 Å². The number of carbonyl (C=O) groups is 1. The maximum atomic E-state index is 12.7. The van der Waals surface area contributed by atoms with Gasteiger partial charge in [0, 0.05) is 30.6 Å². The van der Waals surface area contributed by atoms with Gasteiger partial charge < -0.3 is 23.6 Å². The van der Waals surface area contributed by atoms with Crippen LogP contribution < -0.4 is 14.2 Å². The number of hydrogen-bond donors (Lipinski definition) is 0. The number of carbonyl (C=O) groups excluding carboxylic acids is 1. The molecule has 0 spiro atoms. The third kappa shape index (κ3) is 5.27. The Morgan fingerprint density at radius 2 is 1.85 bits per heavy atom. The molecule has 1 fully saturated rings. The van der Waals surface area contributed by atoms with E-state index in [1.165, 1.54) is 0 Å². The van der Waals surface area contributed by atoms with Crippen molar-refractivity contribution in [3.05, 3.63) is 53.9 Å². The first-order valence-electron chi connectivity index (χ1n) is 11.0. The summed E-state index contributed by atoms with van der Waals surface area (Å²) in [5.74, 6) is 3.56. The number of rotatable bonds is 9. The topological polar surface area (TPSA) is 86.9 Å². The average Bonchev–Trinajstić information content (AvgIpc) is 3.45. The van der Waals surface area contributed by atoms with Crippen molar-refractivity contribution in [1.82, 2.24) is 15.0 Å². The molecule has 174 valence electrons. The predicted octanol–water partition coefficient (Wildman–Crippen LogP) is 4.30. The molecule has 8 nitrogen and oxygen atoms in total. The van der Waals surface area contributed by atoms with Gasteiger partial charge in [0.25, 0.3) is 0 Å². The van der Waals surface area contributed by atoms with Crippen LogP contribution >= 0.6 is 0 Å². The van der Waals surface area contributed by atoms with Crippen LogP contribution in [0.2, 0.25) is 0 Å². The highest BCUT2D eigenvalue weighted by Gasteiger charge is 2.34. The third-order valence-electron chi connectivity index (χ3n) is 5.55. The van der Waals surface area contributed by atoms with Gasteiger partial charge in [0.05, 0.1) is 26.7 Å². The number of benzene rings is 2. The maximum Gasteiger partial charge on any atom is 0.232 e. The molecule has 1 atom stereocenters. The molecule has 2 heterocycles. The average molecular weight is 452 g/mol. The third-order valence-corrected chi connectivity index (χ3v) is 5.55. The Kier molecular flexibility index (Phi) is 6.82. The van der Waals surface area contributed by atoms with Gasteiger partial charge in [-0.1, -0.05) is 19.0 Å². The first-order valence-corrected chi connectivity index (χ1v) is 11.0. The van der Waals surface area contributed by atoms with Crippen molar-refractivity contribution in [2.75, 3.05) is 27.4 Å². The zero-order valence-corrected chi connectivity index (χ0v) is 19.4. The van der Waals surface area contributed by atoms with Gasteiger partial charge >= 0.3 is 0 Å².